The molecule has 0 radical (unpaired) electrons. The maximum Gasteiger partial charge on any atom is 0.328 e. The van der Waals surface area contributed by atoms with E-state index in [1.54, 1.807) is 32.0 Å². The first-order chi connectivity index (χ1) is 11.2. The van der Waals surface area contributed by atoms with Gasteiger partial charge in [-0.1, -0.05) is 12.1 Å². The Morgan fingerprint density at radius 2 is 1.92 bits per heavy atom. The fourth-order valence-electron chi connectivity index (χ4n) is 2.08. The van der Waals surface area contributed by atoms with Crippen molar-refractivity contribution in [3.8, 4) is 0 Å². The van der Waals surface area contributed by atoms with Crippen LogP contribution in [0.3, 0.4) is 0 Å². The predicted molar refractivity (Wildman–Crippen MR) is 87.0 cm³/mol. The molecule has 1 aromatic carbocycles. The van der Waals surface area contributed by atoms with E-state index in [4.69, 9.17) is 4.74 Å². The van der Waals surface area contributed by atoms with Gasteiger partial charge in [-0.05, 0) is 32.9 Å². The molecule has 0 bridgehead atoms. The van der Waals surface area contributed by atoms with Crippen LogP contribution >= 0.6 is 0 Å². The zero-order chi connectivity index (χ0) is 17.9. The summed E-state index contributed by atoms with van der Waals surface area (Å²) < 4.78 is 31.1. The van der Waals surface area contributed by atoms with Crippen LogP contribution in [0.4, 0.5) is 0 Å². The van der Waals surface area contributed by atoms with Crippen LogP contribution in [0.25, 0.3) is 0 Å². The summed E-state index contributed by atoms with van der Waals surface area (Å²) in [6.45, 7) is 4.64. The van der Waals surface area contributed by atoms with E-state index in [0.717, 1.165) is 0 Å². The minimum Gasteiger partial charge on any atom is -0.451 e. The van der Waals surface area contributed by atoms with Crippen LogP contribution in [0.5, 0.6) is 0 Å². The third-order valence-corrected chi connectivity index (χ3v) is 4.53. The molecule has 1 aliphatic rings. The van der Waals surface area contributed by atoms with E-state index in [1.807, 2.05) is 0 Å². The number of ether oxygens (including phenoxy) is 1. The van der Waals surface area contributed by atoms with E-state index in [2.05, 4.69) is 15.0 Å². The van der Waals surface area contributed by atoms with Crippen molar-refractivity contribution in [1.82, 2.24) is 10.0 Å². The third-order valence-electron chi connectivity index (χ3n) is 3.14. The molecular formula is C15H19N3O5S. The van der Waals surface area contributed by atoms with Crippen LogP contribution in [-0.2, 0) is 24.3 Å². The second-order valence-corrected chi connectivity index (χ2v) is 7.21. The number of hydrogen-bond donors (Lipinski definition) is 2. The van der Waals surface area contributed by atoms with Gasteiger partial charge in [0.25, 0.3) is 15.9 Å². The van der Waals surface area contributed by atoms with Gasteiger partial charge >= 0.3 is 5.97 Å². The van der Waals surface area contributed by atoms with E-state index in [-0.39, 0.29) is 16.8 Å². The lowest BCUT2D eigenvalue weighted by Gasteiger charge is -2.14. The molecule has 9 heteroatoms. The molecule has 2 rings (SSSR count). The number of hydrogen-bond acceptors (Lipinski definition) is 6. The monoisotopic (exact) mass is 353 g/mol. The first-order valence-electron chi connectivity index (χ1n) is 7.37. The molecule has 0 saturated heterocycles. The molecule has 1 aromatic rings. The number of rotatable bonds is 5. The molecule has 0 spiro atoms. The van der Waals surface area contributed by atoms with Gasteiger partial charge in [0.05, 0.1) is 4.90 Å². The van der Waals surface area contributed by atoms with Gasteiger partial charge in [-0.15, -0.1) is 0 Å². The van der Waals surface area contributed by atoms with Crippen molar-refractivity contribution in [2.45, 2.75) is 37.8 Å². The Morgan fingerprint density at radius 3 is 2.58 bits per heavy atom. The molecule has 130 valence electrons. The number of sulfonamides is 1. The van der Waals surface area contributed by atoms with Gasteiger partial charge in [-0.3, -0.25) is 19.3 Å². The van der Waals surface area contributed by atoms with Crippen molar-refractivity contribution in [2.24, 2.45) is 4.99 Å². The topological polar surface area (TPSA) is 114 Å². The molecular weight excluding hydrogens is 334 g/mol. The van der Waals surface area contributed by atoms with Gasteiger partial charge in [0, 0.05) is 11.6 Å². The van der Waals surface area contributed by atoms with Crippen LogP contribution < -0.4 is 10.0 Å². The smallest absolute Gasteiger partial charge is 0.328 e. The van der Waals surface area contributed by atoms with Gasteiger partial charge in [-0.25, -0.2) is 8.42 Å². The molecule has 24 heavy (non-hydrogen) atoms. The van der Waals surface area contributed by atoms with Crippen LogP contribution in [0, 0.1) is 0 Å². The van der Waals surface area contributed by atoms with E-state index in [1.165, 1.54) is 13.0 Å². The molecule has 8 nitrogen and oxygen atoms in total. The molecule has 1 heterocycles. The third kappa shape index (κ3) is 4.10. The van der Waals surface area contributed by atoms with Gasteiger partial charge in [0.15, 0.2) is 6.10 Å². The van der Waals surface area contributed by atoms with Crippen LogP contribution in [0.2, 0.25) is 0 Å². The number of aliphatic imine (C=N–C) groups is 1. The summed E-state index contributed by atoms with van der Waals surface area (Å²) in [5.74, 6) is -1.04. The standard InChI is InChI=1S/C15H19N3O5S/c1-9(2)17-15(20)10(3)23-13(19)8-16-14-11-6-4-5-7-12(11)24(21,22)18-14/h4-7,9-10H,8H2,1-3H3,(H,16,18)(H,17,20). The molecule has 1 aliphatic heterocycles. The molecule has 2 N–H and O–H groups in total. The Kier molecular flexibility index (Phi) is 5.23. The lowest BCUT2D eigenvalue weighted by molar-refractivity contribution is -0.153. The second-order valence-electron chi connectivity index (χ2n) is 5.56. The molecule has 0 fully saturated rings. The Hall–Kier alpha value is -2.42. The van der Waals surface area contributed by atoms with Gasteiger partial charge in [0.1, 0.15) is 12.4 Å². The van der Waals surface area contributed by atoms with Crippen LogP contribution in [-0.4, -0.2) is 44.8 Å². The fraction of sp³-hybridized carbons (Fsp3) is 0.400. The highest BCUT2D eigenvalue weighted by molar-refractivity contribution is 7.90. The first kappa shape index (κ1) is 17.9. The van der Waals surface area contributed by atoms with Crippen molar-refractivity contribution in [2.75, 3.05) is 6.54 Å². The van der Waals surface area contributed by atoms with Crippen molar-refractivity contribution in [1.29, 1.82) is 0 Å². The average Bonchev–Trinajstić information content (AvgIpc) is 2.76. The zero-order valence-corrected chi connectivity index (χ0v) is 14.4. The molecule has 1 amide bonds. The average molecular weight is 353 g/mol. The molecule has 0 aliphatic carbocycles. The normalized spacial score (nSPS) is 17.9. The molecule has 1 atom stereocenters. The van der Waals surface area contributed by atoms with Crippen molar-refractivity contribution >= 4 is 27.7 Å². The van der Waals surface area contributed by atoms with Crippen LogP contribution in [0.15, 0.2) is 34.2 Å². The summed E-state index contributed by atoms with van der Waals surface area (Å²) in [5, 5.41) is 2.63. The van der Waals surface area contributed by atoms with Gasteiger partial charge in [-0.2, -0.15) is 0 Å². The lowest BCUT2D eigenvalue weighted by atomic mass is 10.2. The zero-order valence-electron chi connectivity index (χ0n) is 13.6. The summed E-state index contributed by atoms with van der Waals surface area (Å²) >= 11 is 0. The number of carbonyl (C=O) groups excluding carboxylic acids is 2. The number of fused-ring (bicyclic) bond motifs is 1. The molecule has 0 aromatic heterocycles. The van der Waals surface area contributed by atoms with Gasteiger partial charge in [0.2, 0.25) is 0 Å². The summed E-state index contributed by atoms with van der Waals surface area (Å²) in [6.07, 6.45) is -0.951. The van der Waals surface area contributed by atoms with E-state index in [9.17, 15) is 18.0 Å². The lowest BCUT2D eigenvalue weighted by Crippen LogP contribution is -2.39. The summed E-state index contributed by atoms with van der Waals surface area (Å²) in [7, 11) is -3.65. The summed E-state index contributed by atoms with van der Waals surface area (Å²) in [6, 6.07) is 6.26. The highest BCUT2D eigenvalue weighted by Crippen LogP contribution is 2.21. The SMILES string of the molecule is CC(C)NC(=O)C(C)OC(=O)CN=C1NS(=O)(=O)c2ccccc21. The van der Waals surface area contributed by atoms with E-state index >= 15 is 0 Å². The largest absolute Gasteiger partial charge is 0.451 e. The molecule has 0 saturated carbocycles. The van der Waals surface area contributed by atoms with E-state index < -0.39 is 34.5 Å². The predicted octanol–water partition coefficient (Wildman–Crippen LogP) is 0.181. The maximum atomic E-state index is 11.9. The summed E-state index contributed by atoms with van der Waals surface area (Å²) in [5.41, 5.74) is 0.399. The Bertz CT molecular complexity index is 786. The van der Waals surface area contributed by atoms with Crippen LogP contribution in [0.1, 0.15) is 26.3 Å². The summed E-state index contributed by atoms with van der Waals surface area (Å²) in [4.78, 5) is 27.5. The number of amidine groups is 1. The minimum absolute atomic E-state index is 0.0664. The highest BCUT2D eigenvalue weighted by Gasteiger charge is 2.30. The Morgan fingerprint density at radius 1 is 1.25 bits per heavy atom. The van der Waals surface area contributed by atoms with Crippen molar-refractivity contribution < 1.29 is 22.7 Å². The van der Waals surface area contributed by atoms with Gasteiger partial charge < -0.3 is 10.1 Å². The number of esters is 1. The number of amides is 1. The second kappa shape index (κ2) is 7.00. The fourth-order valence-corrected chi connectivity index (χ4v) is 3.34. The van der Waals surface area contributed by atoms with Crippen molar-refractivity contribution in [3.63, 3.8) is 0 Å². The maximum absolute atomic E-state index is 11.9. The first-order valence-corrected chi connectivity index (χ1v) is 8.85. The number of carbonyl (C=O) groups is 2. The molecule has 1 unspecified atom stereocenters. The quantitative estimate of drug-likeness (QED) is 0.733. The minimum atomic E-state index is -3.65. The number of nitrogens with one attached hydrogen (secondary N) is 2. The van der Waals surface area contributed by atoms with Crippen molar-refractivity contribution in [3.05, 3.63) is 29.8 Å². The number of nitrogens with zero attached hydrogens (tertiary/aromatic N) is 1. The van der Waals surface area contributed by atoms with E-state index in [0.29, 0.717) is 5.56 Å². The number of benzene rings is 1. The Labute approximate surface area is 140 Å². The highest BCUT2D eigenvalue weighted by atomic mass is 32.2. The Balaban J connectivity index is 2.02.